The van der Waals surface area contributed by atoms with E-state index in [9.17, 15) is 18.0 Å². The fourth-order valence-corrected chi connectivity index (χ4v) is 2.30. The molecule has 21 heavy (non-hydrogen) atoms. The van der Waals surface area contributed by atoms with Crippen LogP contribution in [-0.2, 0) is 13.1 Å². The summed E-state index contributed by atoms with van der Waals surface area (Å²) in [7, 11) is 0. The molecule has 0 fully saturated rings. The Hall–Kier alpha value is -2.51. The van der Waals surface area contributed by atoms with Crippen LogP contribution in [0.15, 0.2) is 18.2 Å². The van der Waals surface area contributed by atoms with Crippen molar-refractivity contribution in [2.75, 3.05) is 6.54 Å². The summed E-state index contributed by atoms with van der Waals surface area (Å²) in [5, 5.41) is 4.21. The predicted octanol–water partition coefficient (Wildman–Crippen LogP) is 1.86. The highest BCUT2D eigenvalue weighted by atomic mass is 19.2. The second kappa shape index (κ2) is 4.80. The lowest BCUT2D eigenvalue weighted by Gasteiger charge is -2.25. The van der Waals surface area contributed by atoms with Crippen LogP contribution < -0.4 is 5.73 Å². The molecule has 0 aliphatic carbocycles. The van der Waals surface area contributed by atoms with Crippen molar-refractivity contribution in [3.63, 3.8) is 0 Å². The number of nitrogens with zero attached hydrogens (tertiary/aromatic N) is 3. The molecule has 2 amide bonds. The molecule has 1 aliphatic heterocycles. The van der Waals surface area contributed by atoms with Crippen LogP contribution in [0.25, 0.3) is 11.3 Å². The standard InChI is InChI=1S/C13H11F3N4O/c14-9-3-7(4-10(15)12(9)16)11-5-8-6-19(13(17)21)1-2-20(8)18-11/h3-5H,1-2,6H2,(H2,17,21). The Labute approximate surface area is 117 Å². The van der Waals surface area contributed by atoms with Gasteiger partial charge in [0.2, 0.25) is 0 Å². The predicted molar refractivity (Wildman–Crippen MR) is 67.5 cm³/mol. The molecule has 3 rings (SSSR count). The summed E-state index contributed by atoms with van der Waals surface area (Å²) in [6.45, 7) is 1.12. The van der Waals surface area contributed by atoms with Gasteiger partial charge < -0.3 is 10.6 Å². The normalized spacial score (nSPS) is 14.1. The highest BCUT2D eigenvalue weighted by Crippen LogP contribution is 2.25. The maximum atomic E-state index is 13.3. The number of aromatic nitrogens is 2. The largest absolute Gasteiger partial charge is 0.351 e. The molecule has 0 bridgehead atoms. The fraction of sp³-hybridized carbons (Fsp3) is 0.231. The van der Waals surface area contributed by atoms with E-state index in [1.807, 2.05) is 0 Å². The number of carbonyl (C=O) groups is 1. The molecule has 2 aromatic rings. The molecule has 5 nitrogen and oxygen atoms in total. The van der Waals surface area contributed by atoms with E-state index < -0.39 is 23.5 Å². The molecular weight excluding hydrogens is 285 g/mol. The lowest BCUT2D eigenvalue weighted by molar-refractivity contribution is 0.190. The van der Waals surface area contributed by atoms with Gasteiger partial charge in [-0.3, -0.25) is 4.68 Å². The Kier molecular flexibility index (Phi) is 3.08. The molecule has 1 aromatic heterocycles. The molecular formula is C13H11F3N4O. The van der Waals surface area contributed by atoms with Crippen LogP contribution >= 0.6 is 0 Å². The molecule has 0 spiro atoms. The average Bonchev–Trinajstić information content (AvgIpc) is 2.86. The number of benzene rings is 1. The zero-order valence-electron chi connectivity index (χ0n) is 10.8. The molecule has 0 radical (unpaired) electrons. The minimum Gasteiger partial charge on any atom is -0.351 e. The van der Waals surface area contributed by atoms with Gasteiger partial charge in [0.15, 0.2) is 17.5 Å². The van der Waals surface area contributed by atoms with Gasteiger partial charge in [-0.1, -0.05) is 0 Å². The summed E-state index contributed by atoms with van der Waals surface area (Å²) < 4.78 is 41.1. The summed E-state index contributed by atoms with van der Waals surface area (Å²) in [6.07, 6.45) is 0. The zero-order chi connectivity index (χ0) is 15.1. The molecule has 0 atom stereocenters. The van der Waals surface area contributed by atoms with Gasteiger partial charge in [0, 0.05) is 12.1 Å². The molecule has 110 valence electrons. The molecule has 2 heterocycles. The highest BCUT2D eigenvalue weighted by molar-refractivity contribution is 5.72. The van der Waals surface area contributed by atoms with Crippen molar-refractivity contribution in [1.29, 1.82) is 0 Å². The molecule has 2 N–H and O–H groups in total. The Balaban J connectivity index is 1.97. The van der Waals surface area contributed by atoms with Crippen molar-refractivity contribution < 1.29 is 18.0 Å². The number of rotatable bonds is 1. The van der Waals surface area contributed by atoms with Gasteiger partial charge in [-0.15, -0.1) is 0 Å². The average molecular weight is 296 g/mol. The number of carbonyl (C=O) groups excluding carboxylic acids is 1. The van der Waals surface area contributed by atoms with E-state index in [1.54, 1.807) is 10.7 Å². The van der Waals surface area contributed by atoms with Crippen molar-refractivity contribution in [2.24, 2.45) is 5.73 Å². The lowest BCUT2D eigenvalue weighted by atomic mass is 10.1. The number of hydrogen-bond donors (Lipinski definition) is 1. The van der Waals surface area contributed by atoms with Gasteiger partial charge in [0.25, 0.3) is 0 Å². The summed E-state index contributed by atoms with van der Waals surface area (Å²) in [5.41, 5.74) is 6.36. The van der Waals surface area contributed by atoms with Crippen molar-refractivity contribution in [2.45, 2.75) is 13.1 Å². The number of hydrogen-bond acceptors (Lipinski definition) is 2. The minimum atomic E-state index is -1.51. The number of amides is 2. The SMILES string of the molecule is NC(=O)N1CCn2nc(-c3cc(F)c(F)c(F)c3)cc2C1. The third kappa shape index (κ3) is 2.32. The van der Waals surface area contributed by atoms with Crippen molar-refractivity contribution >= 4 is 6.03 Å². The molecule has 0 saturated carbocycles. The quantitative estimate of drug-likeness (QED) is 0.816. The van der Waals surface area contributed by atoms with Gasteiger partial charge >= 0.3 is 6.03 Å². The zero-order valence-corrected chi connectivity index (χ0v) is 10.8. The smallest absolute Gasteiger partial charge is 0.315 e. The molecule has 1 aliphatic rings. The second-order valence-corrected chi connectivity index (χ2v) is 4.76. The monoisotopic (exact) mass is 296 g/mol. The van der Waals surface area contributed by atoms with E-state index in [1.165, 1.54) is 4.90 Å². The minimum absolute atomic E-state index is 0.138. The highest BCUT2D eigenvalue weighted by Gasteiger charge is 2.22. The summed E-state index contributed by atoms with van der Waals surface area (Å²) in [4.78, 5) is 12.6. The maximum absolute atomic E-state index is 13.3. The van der Waals surface area contributed by atoms with Crippen LogP contribution in [0.4, 0.5) is 18.0 Å². The summed E-state index contributed by atoms with van der Waals surface area (Å²) in [6, 6.07) is 2.83. The van der Waals surface area contributed by atoms with E-state index in [0.717, 1.165) is 12.1 Å². The fourth-order valence-electron chi connectivity index (χ4n) is 2.30. The summed E-state index contributed by atoms with van der Waals surface area (Å²) >= 11 is 0. The van der Waals surface area contributed by atoms with Gasteiger partial charge in [-0.05, 0) is 18.2 Å². The van der Waals surface area contributed by atoms with E-state index in [4.69, 9.17) is 5.73 Å². The van der Waals surface area contributed by atoms with E-state index in [2.05, 4.69) is 5.10 Å². The Morgan fingerprint density at radius 3 is 2.43 bits per heavy atom. The van der Waals surface area contributed by atoms with Crippen LogP contribution in [0.5, 0.6) is 0 Å². The van der Waals surface area contributed by atoms with Crippen LogP contribution in [0.3, 0.4) is 0 Å². The van der Waals surface area contributed by atoms with Crippen LogP contribution in [0.2, 0.25) is 0 Å². The first-order chi connectivity index (χ1) is 9.95. The first-order valence-corrected chi connectivity index (χ1v) is 6.21. The Morgan fingerprint density at radius 2 is 1.81 bits per heavy atom. The molecule has 0 saturated heterocycles. The third-order valence-electron chi connectivity index (χ3n) is 3.39. The molecule has 0 unspecified atom stereocenters. The van der Waals surface area contributed by atoms with Crippen molar-refractivity contribution in [1.82, 2.24) is 14.7 Å². The number of nitrogens with two attached hydrogens (primary N) is 1. The second-order valence-electron chi connectivity index (χ2n) is 4.76. The van der Waals surface area contributed by atoms with Crippen molar-refractivity contribution in [3.05, 3.63) is 41.3 Å². The number of halogens is 3. The van der Waals surface area contributed by atoms with Crippen LogP contribution in [-0.4, -0.2) is 27.3 Å². The van der Waals surface area contributed by atoms with Gasteiger partial charge in [0.05, 0.1) is 24.5 Å². The Bertz CT molecular complexity index is 705. The number of fused-ring (bicyclic) bond motifs is 1. The first-order valence-electron chi connectivity index (χ1n) is 6.21. The van der Waals surface area contributed by atoms with E-state index in [-0.39, 0.29) is 12.1 Å². The van der Waals surface area contributed by atoms with Gasteiger partial charge in [-0.25, -0.2) is 18.0 Å². The van der Waals surface area contributed by atoms with E-state index >= 15 is 0 Å². The third-order valence-corrected chi connectivity index (χ3v) is 3.39. The summed E-state index contributed by atoms with van der Waals surface area (Å²) in [5.74, 6) is -4.05. The Morgan fingerprint density at radius 1 is 1.14 bits per heavy atom. The van der Waals surface area contributed by atoms with Crippen LogP contribution in [0, 0.1) is 17.5 Å². The topological polar surface area (TPSA) is 64.2 Å². The van der Waals surface area contributed by atoms with Gasteiger partial charge in [-0.2, -0.15) is 5.10 Å². The van der Waals surface area contributed by atoms with Crippen LogP contribution in [0.1, 0.15) is 5.69 Å². The van der Waals surface area contributed by atoms with E-state index in [0.29, 0.717) is 24.5 Å². The lowest BCUT2D eigenvalue weighted by Crippen LogP contribution is -2.41. The van der Waals surface area contributed by atoms with Crippen molar-refractivity contribution in [3.8, 4) is 11.3 Å². The maximum Gasteiger partial charge on any atom is 0.315 e. The number of primary amides is 1. The molecule has 8 heteroatoms. The molecule has 1 aromatic carbocycles. The first kappa shape index (κ1) is 13.5. The number of urea groups is 1. The van der Waals surface area contributed by atoms with Gasteiger partial charge in [0.1, 0.15) is 0 Å².